The third-order valence-electron chi connectivity index (χ3n) is 3.01. The normalized spacial score (nSPS) is 24.7. The molecule has 2 aliphatic rings. The first kappa shape index (κ1) is 9.66. The molecule has 1 saturated carbocycles. The third-order valence-corrected chi connectivity index (χ3v) is 3.01. The second-order valence-corrected chi connectivity index (χ2v) is 4.32. The molecule has 16 heavy (non-hydrogen) atoms. The molecule has 2 N–H and O–H groups in total. The number of rotatable bonds is 1. The summed E-state index contributed by atoms with van der Waals surface area (Å²) in [6.45, 7) is 0.263. The van der Waals surface area contributed by atoms with E-state index in [1.54, 1.807) is 0 Å². The van der Waals surface area contributed by atoms with Gasteiger partial charge in [-0.2, -0.15) is 0 Å². The molecule has 4 nitrogen and oxygen atoms in total. The summed E-state index contributed by atoms with van der Waals surface area (Å²) in [5, 5.41) is 0. The molecular formula is C12H14N2O2. The van der Waals surface area contributed by atoms with Crippen LogP contribution in [0.15, 0.2) is 24.3 Å². The minimum atomic E-state index is -0.548. The van der Waals surface area contributed by atoms with Crippen LogP contribution < -0.4 is 15.4 Å². The summed E-state index contributed by atoms with van der Waals surface area (Å²) in [7, 11) is 0. The summed E-state index contributed by atoms with van der Waals surface area (Å²) in [4.78, 5) is 13.9. The number of carbonyl (C=O) groups excluding carboxylic acids is 1. The number of fused-ring (bicyclic) bond motifs is 1. The van der Waals surface area contributed by atoms with Gasteiger partial charge in [-0.05, 0) is 25.0 Å². The average Bonchev–Trinajstić information content (AvgIpc) is 3.11. The lowest BCUT2D eigenvalue weighted by molar-refractivity contribution is -0.120. The van der Waals surface area contributed by atoms with Gasteiger partial charge in [0.15, 0.2) is 0 Å². The van der Waals surface area contributed by atoms with Crippen molar-refractivity contribution in [2.45, 2.75) is 24.9 Å². The van der Waals surface area contributed by atoms with Crippen LogP contribution in [0.25, 0.3) is 0 Å². The molecule has 0 bridgehead atoms. The fourth-order valence-electron chi connectivity index (χ4n) is 2.04. The fraction of sp³-hybridized carbons (Fsp3) is 0.417. The van der Waals surface area contributed by atoms with Crippen molar-refractivity contribution >= 4 is 11.6 Å². The third kappa shape index (κ3) is 1.46. The molecule has 0 radical (unpaired) electrons. The topological polar surface area (TPSA) is 55.6 Å². The number of nitrogens with zero attached hydrogens (tertiary/aromatic N) is 1. The summed E-state index contributed by atoms with van der Waals surface area (Å²) >= 11 is 0. The van der Waals surface area contributed by atoms with E-state index in [0.29, 0.717) is 6.04 Å². The molecule has 0 saturated heterocycles. The molecule has 0 spiro atoms. The highest BCUT2D eigenvalue weighted by Gasteiger charge is 2.38. The molecule has 1 fully saturated rings. The van der Waals surface area contributed by atoms with Crippen LogP contribution in [0.2, 0.25) is 0 Å². The molecule has 0 aromatic heterocycles. The standard InChI is InChI=1S/C12H14N2O2/c13-9-7-16-11-4-2-1-3-10(11)14(12(9)15)8-5-6-8/h1-4,8-9H,5-7,13H2/t9-/m0/s1. The van der Waals surface area contributed by atoms with Crippen molar-refractivity contribution in [3.05, 3.63) is 24.3 Å². The number of hydrogen-bond donors (Lipinski definition) is 1. The first-order valence-corrected chi connectivity index (χ1v) is 5.58. The van der Waals surface area contributed by atoms with Gasteiger partial charge < -0.3 is 15.4 Å². The lowest BCUT2D eigenvalue weighted by Gasteiger charge is -2.22. The molecule has 1 aliphatic heterocycles. The molecule has 1 atom stereocenters. The zero-order valence-electron chi connectivity index (χ0n) is 8.93. The van der Waals surface area contributed by atoms with Crippen molar-refractivity contribution in [3.8, 4) is 5.75 Å². The van der Waals surface area contributed by atoms with Gasteiger partial charge in [0.2, 0.25) is 5.91 Å². The lowest BCUT2D eigenvalue weighted by atomic mass is 10.2. The minimum absolute atomic E-state index is 0.0209. The number of benzene rings is 1. The monoisotopic (exact) mass is 218 g/mol. The van der Waals surface area contributed by atoms with Crippen LogP contribution in [-0.4, -0.2) is 24.6 Å². The molecule has 1 aliphatic carbocycles. The minimum Gasteiger partial charge on any atom is -0.489 e. The Kier molecular flexibility index (Phi) is 2.11. The van der Waals surface area contributed by atoms with Crippen LogP contribution >= 0.6 is 0 Å². The van der Waals surface area contributed by atoms with Gasteiger partial charge in [-0.25, -0.2) is 0 Å². The van der Waals surface area contributed by atoms with Crippen molar-refractivity contribution in [2.75, 3.05) is 11.5 Å². The number of anilines is 1. The van der Waals surface area contributed by atoms with Gasteiger partial charge in [-0.3, -0.25) is 4.79 Å². The highest BCUT2D eigenvalue weighted by Crippen LogP contribution is 2.38. The number of ether oxygens (including phenoxy) is 1. The molecule has 1 heterocycles. The van der Waals surface area contributed by atoms with Gasteiger partial charge in [0.25, 0.3) is 0 Å². The Morgan fingerprint density at radius 3 is 2.81 bits per heavy atom. The Morgan fingerprint density at radius 2 is 2.06 bits per heavy atom. The summed E-state index contributed by atoms with van der Waals surface area (Å²) in [5.41, 5.74) is 6.66. The summed E-state index contributed by atoms with van der Waals surface area (Å²) < 4.78 is 5.55. The molecule has 1 aromatic rings. The highest BCUT2D eigenvalue weighted by molar-refractivity contribution is 6.00. The van der Waals surface area contributed by atoms with Crippen LogP contribution in [0.1, 0.15) is 12.8 Å². The SMILES string of the molecule is N[C@H]1COc2ccccc2N(C2CC2)C1=O. The second-order valence-electron chi connectivity index (χ2n) is 4.32. The maximum Gasteiger partial charge on any atom is 0.247 e. The number of nitrogens with two attached hydrogens (primary N) is 1. The lowest BCUT2D eigenvalue weighted by Crippen LogP contribution is -2.46. The number of carbonyl (C=O) groups is 1. The molecule has 0 unspecified atom stereocenters. The van der Waals surface area contributed by atoms with Crippen molar-refractivity contribution in [3.63, 3.8) is 0 Å². The van der Waals surface area contributed by atoms with Crippen LogP contribution in [-0.2, 0) is 4.79 Å². The van der Waals surface area contributed by atoms with Crippen molar-refractivity contribution < 1.29 is 9.53 Å². The van der Waals surface area contributed by atoms with E-state index in [4.69, 9.17) is 10.5 Å². The van der Waals surface area contributed by atoms with Gasteiger partial charge in [0.05, 0.1) is 5.69 Å². The maximum atomic E-state index is 12.1. The zero-order chi connectivity index (χ0) is 11.1. The van der Waals surface area contributed by atoms with Gasteiger partial charge in [-0.1, -0.05) is 12.1 Å². The second kappa shape index (κ2) is 3.49. The molecule has 1 amide bonds. The Hall–Kier alpha value is -1.55. The van der Waals surface area contributed by atoms with Crippen molar-refractivity contribution in [2.24, 2.45) is 5.73 Å². The quantitative estimate of drug-likeness (QED) is 0.762. The van der Waals surface area contributed by atoms with Crippen LogP contribution in [0, 0.1) is 0 Å². The first-order valence-electron chi connectivity index (χ1n) is 5.58. The van der Waals surface area contributed by atoms with Crippen LogP contribution in [0.3, 0.4) is 0 Å². The maximum absolute atomic E-state index is 12.1. The van der Waals surface area contributed by atoms with E-state index in [0.717, 1.165) is 24.3 Å². The Balaban J connectivity index is 2.07. The van der Waals surface area contributed by atoms with Gasteiger partial charge >= 0.3 is 0 Å². The zero-order valence-corrected chi connectivity index (χ0v) is 8.93. The van der Waals surface area contributed by atoms with Crippen LogP contribution in [0.4, 0.5) is 5.69 Å². The van der Waals surface area contributed by atoms with Crippen molar-refractivity contribution in [1.29, 1.82) is 0 Å². The Bertz CT molecular complexity index is 429. The summed E-state index contributed by atoms with van der Waals surface area (Å²) in [5.74, 6) is 0.739. The van der Waals surface area contributed by atoms with Gasteiger partial charge in [-0.15, -0.1) is 0 Å². The molecular weight excluding hydrogens is 204 g/mol. The van der Waals surface area contributed by atoms with E-state index in [9.17, 15) is 4.79 Å². The van der Waals surface area contributed by atoms with E-state index in [2.05, 4.69) is 0 Å². The number of amides is 1. The van der Waals surface area contributed by atoms with E-state index in [1.807, 2.05) is 29.2 Å². The summed E-state index contributed by atoms with van der Waals surface area (Å²) in [6.07, 6.45) is 2.12. The highest BCUT2D eigenvalue weighted by atomic mass is 16.5. The predicted octanol–water partition coefficient (Wildman–Crippen LogP) is 0.902. The number of para-hydroxylation sites is 2. The number of hydrogen-bond acceptors (Lipinski definition) is 3. The molecule has 4 heteroatoms. The molecule has 1 aromatic carbocycles. The fourth-order valence-corrected chi connectivity index (χ4v) is 2.04. The van der Waals surface area contributed by atoms with Crippen LogP contribution in [0.5, 0.6) is 5.75 Å². The van der Waals surface area contributed by atoms with Gasteiger partial charge in [0.1, 0.15) is 18.4 Å². The predicted molar refractivity (Wildman–Crippen MR) is 60.4 cm³/mol. The van der Waals surface area contributed by atoms with Gasteiger partial charge in [0, 0.05) is 6.04 Å². The molecule has 3 rings (SSSR count). The van der Waals surface area contributed by atoms with Crippen molar-refractivity contribution in [1.82, 2.24) is 0 Å². The van der Waals surface area contributed by atoms with E-state index in [1.165, 1.54) is 0 Å². The average molecular weight is 218 g/mol. The Labute approximate surface area is 94.0 Å². The Morgan fingerprint density at radius 1 is 1.31 bits per heavy atom. The largest absolute Gasteiger partial charge is 0.489 e. The first-order chi connectivity index (χ1) is 7.77. The van der Waals surface area contributed by atoms with E-state index in [-0.39, 0.29) is 12.5 Å². The molecule has 84 valence electrons. The smallest absolute Gasteiger partial charge is 0.247 e. The summed E-state index contributed by atoms with van der Waals surface area (Å²) in [6, 6.07) is 7.40. The van der Waals surface area contributed by atoms with E-state index >= 15 is 0 Å². The van der Waals surface area contributed by atoms with E-state index < -0.39 is 6.04 Å².